The predicted molar refractivity (Wildman–Crippen MR) is 85.1 cm³/mol. The highest BCUT2D eigenvalue weighted by atomic mass is 19.2. The zero-order chi connectivity index (χ0) is 16.0. The van der Waals surface area contributed by atoms with Crippen LogP contribution in [0.2, 0.25) is 0 Å². The second-order valence-corrected chi connectivity index (χ2v) is 5.60. The number of rotatable bonds is 1. The average molecular weight is 312 g/mol. The van der Waals surface area contributed by atoms with Crippen molar-refractivity contribution in [2.45, 2.75) is 13.0 Å². The standard InChI is InChI=1S/C17H14F2N4/c18-13-6-5-10-9-23(8-7-11(10)15(13)19)17-21-14-4-2-1-3-12(14)16(20)22-17/h1-6H,7-9H2,(H2,20,21,22). The Labute approximate surface area is 131 Å². The Balaban J connectivity index is 1.74. The van der Waals surface area contributed by atoms with E-state index in [1.165, 1.54) is 0 Å². The third-order valence-corrected chi connectivity index (χ3v) is 4.19. The molecule has 116 valence electrons. The minimum absolute atomic E-state index is 0.412. The van der Waals surface area contributed by atoms with Crippen molar-refractivity contribution < 1.29 is 8.78 Å². The zero-order valence-corrected chi connectivity index (χ0v) is 12.3. The number of fused-ring (bicyclic) bond motifs is 2. The van der Waals surface area contributed by atoms with Gasteiger partial charge in [-0.3, -0.25) is 0 Å². The van der Waals surface area contributed by atoms with Crippen molar-refractivity contribution in [1.29, 1.82) is 0 Å². The molecule has 4 rings (SSSR count). The zero-order valence-electron chi connectivity index (χ0n) is 12.3. The van der Waals surface area contributed by atoms with Gasteiger partial charge in [0.1, 0.15) is 5.82 Å². The van der Waals surface area contributed by atoms with E-state index in [0.29, 0.717) is 36.8 Å². The molecule has 6 heteroatoms. The summed E-state index contributed by atoms with van der Waals surface area (Å²) in [5.74, 6) is -0.622. The van der Waals surface area contributed by atoms with E-state index >= 15 is 0 Å². The summed E-state index contributed by atoms with van der Waals surface area (Å²) in [5.41, 5.74) is 7.98. The van der Waals surface area contributed by atoms with Crippen molar-refractivity contribution in [1.82, 2.24) is 9.97 Å². The van der Waals surface area contributed by atoms with Gasteiger partial charge in [0, 0.05) is 18.5 Å². The van der Waals surface area contributed by atoms with Gasteiger partial charge in [-0.05, 0) is 35.7 Å². The molecule has 1 aromatic heterocycles. The maximum Gasteiger partial charge on any atom is 0.228 e. The molecule has 0 unspecified atom stereocenters. The number of para-hydroxylation sites is 1. The summed E-state index contributed by atoms with van der Waals surface area (Å²) in [6.45, 7) is 0.954. The lowest BCUT2D eigenvalue weighted by atomic mass is 9.99. The number of nitrogens with two attached hydrogens (primary N) is 1. The highest BCUT2D eigenvalue weighted by molar-refractivity contribution is 5.88. The number of hydrogen-bond acceptors (Lipinski definition) is 4. The highest BCUT2D eigenvalue weighted by Crippen LogP contribution is 2.27. The fourth-order valence-electron chi connectivity index (χ4n) is 2.98. The summed E-state index contributed by atoms with van der Waals surface area (Å²) in [4.78, 5) is 10.8. The Morgan fingerprint density at radius 2 is 1.87 bits per heavy atom. The molecule has 0 amide bonds. The van der Waals surface area contributed by atoms with Gasteiger partial charge in [0.05, 0.1) is 5.52 Å². The van der Waals surface area contributed by atoms with Gasteiger partial charge in [0.2, 0.25) is 5.95 Å². The molecular weight excluding hydrogens is 298 g/mol. The van der Waals surface area contributed by atoms with Crippen LogP contribution >= 0.6 is 0 Å². The summed E-state index contributed by atoms with van der Waals surface area (Å²) < 4.78 is 27.2. The number of halogens is 2. The molecule has 0 aliphatic carbocycles. The van der Waals surface area contributed by atoms with Gasteiger partial charge >= 0.3 is 0 Å². The highest BCUT2D eigenvalue weighted by Gasteiger charge is 2.23. The van der Waals surface area contributed by atoms with Gasteiger partial charge in [0.15, 0.2) is 11.6 Å². The Bertz CT molecular complexity index is 910. The third kappa shape index (κ3) is 2.27. The lowest BCUT2D eigenvalue weighted by Gasteiger charge is -2.29. The third-order valence-electron chi connectivity index (χ3n) is 4.19. The van der Waals surface area contributed by atoms with E-state index in [1.54, 1.807) is 6.07 Å². The maximum absolute atomic E-state index is 13.8. The first kappa shape index (κ1) is 13.9. The Morgan fingerprint density at radius 3 is 2.74 bits per heavy atom. The van der Waals surface area contributed by atoms with Gasteiger partial charge < -0.3 is 10.6 Å². The van der Waals surface area contributed by atoms with E-state index in [4.69, 9.17) is 5.73 Å². The first-order valence-electron chi connectivity index (χ1n) is 7.36. The van der Waals surface area contributed by atoms with Crippen LogP contribution in [0.15, 0.2) is 36.4 Å². The summed E-state index contributed by atoms with van der Waals surface area (Å²) in [6.07, 6.45) is 0.412. The number of anilines is 2. The van der Waals surface area contributed by atoms with Crippen molar-refractivity contribution in [3.8, 4) is 0 Å². The summed E-state index contributed by atoms with van der Waals surface area (Å²) >= 11 is 0. The van der Waals surface area contributed by atoms with Gasteiger partial charge in [-0.1, -0.05) is 18.2 Å². The molecular formula is C17H14F2N4. The van der Waals surface area contributed by atoms with E-state index in [2.05, 4.69) is 9.97 Å². The van der Waals surface area contributed by atoms with Crippen molar-refractivity contribution in [2.75, 3.05) is 17.2 Å². The molecule has 3 aromatic rings. The average Bonchev–Trinajstić information content (AvgIpc) is 2.58. The molecule has 0 radical (unpaired) electrons. The second-order valence-electron chi connectivity index (χ2n) is 5.60. The van der Waals surface area contributed by atoms with Gasteiger partial charge in [-0.15, -0.1) is 0 Å². The van der Waals surface area contributed by atoms with Gasteiger partial charge in [0.25, 0.3) is 0 Å². The molecule has 0 saturated carbocycles. The fourth-order valence-corrected chi connectivity index (χ4v) is 2.98. The van der Waals surface area contributed by atoms with Crippen molar-refractivity contribution >= 4 is 22.7 Å². The van der Waals surface area contributed by atoms with Crippen LogP contribution in [0.3, 0.4) is 0 Å². The predicted octanol–water partition coefficient (Wildman–Crippen LogP) is 3.05. The number of nitrogens with zero attached hydrogens (tertiary/aromatic N) is 3. The monoisotopic (exact) mass is 312 g/mol. The summed E-state index contributed by atoms with van der Waals surface area (Å²) in [7, 11) is 0. The molecule has 0 fully saturated rings. The van der Waals surface area contributed by atoms with Gasteiger partial charge in [-0.2, -0.15) is 4.98 Å². The number of benzene rings is 2. The Kier molecular flexibility index (Phi) is 3.11. The SMILES string of the molecule is Nc1nc(N2CCc3c(ccc(F)c3F)C2)nc2ccccc12. The van der Waals surface area contributed by atoms with E-state index in [9.17, 15) is 8.78 Å². The maximum atomic E-state index is 13.8. The van der Waals surface area contributed by atoms with Crippen LogP contribution in [0.4, 0.5) is 20.5 Å². The molecule has 23 heavy (non-hydrogen) atoms. The van der Waals surface area contributed by atoms with Crippen LogP contribution in [0.1, 0.15) is 11.1 Å². The molecule has 0 saturated heterocycles. The summed E-state index contributed by atoms with van der Waals surface area (Å²) in [6, 6.07) is 10.3. The lowest BCUT2D eigenvalue weighted by molar-refractivity contribution is 0.491. The minimum atomic E-state index is -0.802. The largest absolute Gasteiger partial charge is 0.383 e. The van der Waals surface area contributed by atoms with Gasteiger partial charge in [-0.25, -0.2) is 13.8 Å². The lowest BCUT2D eigenvalue weighted by Crippen LogP contribution is -2.32. The van der Waals surface area contributed by atoms with E-state index in [1.807, 2.05) is 29.2 Å². The minimum Gasteiger partial charge on any atom is -0.383 e. The summed E-state index contributed by atoms with van der Waals surface area (Å²) in [5, 5.41) is 0.807. The number of nitrogen functional groups attached to an aromatic ring is 1. The molecule has 2 heterocycles. The van der Waals surface area contributed by atoms with Crippen LogP contribution in [0, 0.1) is 11.6 Å². The molecule has 2 N–H and O–H groups in total. The Hall–Kier alpha value is -2.76. The van der Waals surface area contributed by atoms with Crippen LogP contribution < -0.4 is 10.6 Å². The molecule has 1 aliphatic rings. The van der Waals surface area contributed by atoms with Crippen molar-refractivity contribution in [3.63, 3.8) is 0 Å². The fraction of sp³-hybridized carbons (Fsp3) is 0.176. The normalized spacial score (nSPS) is 14.1. The van der Waals surface area contributed by atoms with E-state index < -0.39 is 11.6 Å². The second kappa shape index (κ2) is 5.15. The molecule has 1 aliphatic heterocycles. The molecule has 0 spiro atoms. The topological polar surface area (TPSA) is 55.0 Å². The van der Waals surface area contributed by atoms with Crippen LogP contribution in [-0.2, 0) is 13.0 Å². The molecule has 0 bridgehead atoms. The number of aromatic nitrogens is 2. The van der Waals surface area contributed by atoms with Crippen LogP contribution in [0.5, 0.6) is 0 Å². The van der Waals surface area contributed by atoms with Crippen LogP contribution in [0.25, 0.3) is 10.9 Å². The Morgan fingerprint density at radius 1 is 1.04 bits per heavy atom. The van der Waals surface area contributed by atoms with E-state index in [-0.39, 0.29) is 0 Å². The van der Waals surface area contributed by atoms with Crippen LogP contribution in [-0.4, -0.2) is 16.5 Å². The smallest absolute Gasteiger partial charge is 0.228 e. The van der Waals surface area contributed by atoms with Crippen molar-refractivity contribution in [2.24, 2.45) is 0 Å². The number of hydrogen-bond donors (Lipinski definition) is 1. The van der Waals surface area contributed by atoms with Crippen molar-refractivity contribution in [3.05, 3.63) is 59.2 Å². The van der Waals surface area contributed by atoms with E-state index in [0.717, 1.165) is 22.5 Å². The molecule has 2 aromatic carbocycles. The quantitative estimate of drug-likeness (QED) is 0.750. The molecule has 4 nitrogen and oxygen atoms in total. The first-order valence-corrected chi connectivity index (χ1v) is 7.36. The molecule has 0 atom stereocenters. The first-order chi connectivity index (χ1) is 11.1.